The van der Waals surface area contributed by atoms with Crippen LogP contribution in [0.4, 0.5) is 11.5 Å². The molecule has 1 aromatic rings. The Hall–Kier alpha value is -1.21. The number of nitro groups is 1. The van der Waals surface area contributed by atoms with Crippen LogP contribution in [0.2, 0.25) is 0 Å². The molecule has 1 fully saturated rings. The molecule has 6 nitrogen and oxygen atoms in total. The van der Waals surface area contributed by atoms with E-state index in [0.717, 1.165) is 25.7 Å². The fraction of sp³-hybridized carbons (Fsp3) is 0.615. The highest BCUT2D eigenvalue weighted by molar-refractivity contribution is 9.10. The van der Waals surface area contributed by atoms with E-state index in [4.69, 9.17) is 0 Å². The molecule has 0 aliphatic heterocycles. The van der Waals surface area contributed by atoms with Crippen LogP contribution in [0, 0.1) is 17.0 Å². The van der Waals surface area contributed by atoms with Crippen molar-refractivity contribution in [1.29, 1.82) is 0 Å². The first kappa shape index (κ1) is 15.2. The molecular weight excluding hydrogens is 326 g/mol. The highest BCUT2D eigenvalue weighted by Crippen LogP contribution is 2.35. The van der Waals surface area contributed by atoms with Crippen molar-refractivity contribution in [3.8, 4) is 0 Å². The number of hydrogen-bond acceptors (Lipinski definition) is 5. The van der Waals surface area contributed by atoms with Crippen LogP contribution in [0.25, 0.3) is 0 Å². The van der Waals surface area contributed by atoms with Crippen molar-refractivity contribution in [3.05, 3.63) is 26.3 Å². The predicted molar refractivity (Wildman–Crippen MR) is 80.0 cm³/mol. The average molecular weight is 344 g/mol. The van der Waals surface area contributed by atoms with E-state index in [1.807, 2.05) is 11.9 Å². The lowest BCUT2D eigenvalue weighted by Crippen LogP contribution is -2.44. The maximum atomic E-state index is 10.9. The van der Waals surface area contributed by atoms with Crippen molar-refractivity contribution < 1.29 is 10.0 Å². The Morgan fingerprint density at radius 3 is 2.75 bits per heavy atom. The third-order valence-corrected chi connectivity index (χ3v) is 4.89. The molecule has 110 valence electrons. The zero-order valence-electron chi connectivity index (χ0n) is 11.5. The molecule has 1 aromatic heterocycles. The lowest BCUT2D eigenvalue weighted by molar-refractivity contribution is -0.385. The number of likely N-dealkylation sites (N-methyl/N-ethyl adjacent to an activating group) is 1. The standard InChI is InChI=1S/C13H18BrN3O3/c1-8-10(17(19)20)7-15-13(12(8)14)16(2)9-5-3-4-6-11(9)18/h7,9,11,18H,3-6H2,1-2H3. The van der Waals surface area contributed by atoms with Gasteiger partial charge < -0.3 is 10.0 Å². The minimum absolute atomic E-state index is 0.00165. The summed E-state index contributed by atoms with van der Waals surface area (Å²) in [6, 6.07) is 0.00778. The number of aliphatic hydroxyl groups excluding tert-OH is 1. The lowest BCUT2D eigenvalue weighted by Gasteiger charge is -2.36. The molecule has 1 N–H and O–H groups in total. The normalized spacial score (nSPS) is 22.6. The van der Waals surface area contributed by atoms with Gasteiger partial charge in [-0.3, -0.25) is 10.1 Å². The van der Waals surface area contributed by atoms with Crippen LogP contribution in [0.5, 0.6) is 0 Å². The zero-order chi connectivity index (χ0) is 14.9. The van der Waals surface area contributed by atoms with Crippen LogP contribution < -0.4 is 4.90 Å². The second-order valence-electron chi connectivity index (χ2n) is 5.19. The molecule has 2 unspecified atom stereocenters. The fourth-order valence-electron chi connectivity index (χ4n) is 2.69. The molecule has 2 atom stereocenters. The highest BCUT2D eigenvalue weighted by atomic mass is 79.9. The highest BCUT2D eigenvalue weighted by Gasteiger charge is 2.29. The molecule has 1 aliphatic rings. The van der Waals surface area contributed by atoms with Gasteiger partial charge in [-0.2, -0.15) is 0 Å². The van der Waals surface area contributed by atoms with Gasteiger partial charge in [-0.1, -0.05) is 12.8 Å². The molecule has 1 aliphatic carbocycles. The summed E-state index contributed by atoms with van der Waals surface area (Å²) in [5, 5.41) is 21.0. The van der Waals surface area contributed by atoms with Crippen LogP contribution in [-0.4, -0.2) is 34.2 Å². The third-order valence-electron chi connectivity index (χ3n) is 3.94. The van der Waals surface area contributed by atoms with E-state index in [9.17, 15) is 15.2 Å². The molecule has 0 saturated heterocycles. The summed E-state index contributed by atoms with van der Waals surface area (Å²) in [6.45, 7) is 1.69. The Labute approximate surface area is 126 Å². The molecule has 0 spiro atoms. The van der Waals surface area contributed by atoms with Gasteiger partial charge in [0.2, 0.25) is 0 Å². The largest absolute Gasteiger partial charge is 0.391 e. The number of rotatable bonds is 3. The van der Waals surface area contributed by atoms with Crippen molar-refractivity contribution in [1.82, 2.24) is 4.98 Å². The van der Waals surface area contributed by atoms with Crippen molar-refractivity contribution in [2.24, 2.45) is 0 Å². The first-order valence-electron chi connectivity index (χ1n) is 6.64. The average Bonchev–Trinajstić information content (AvgIpc) is 2.41. The van der Waals surface area contributed by atoms with E-state index in [1.54, 1.807) is 6.92 Å². The molecule has 2 rings (SSSR count). The second-order valence-corrected chi connectivity index (χ2v) is 5.99. The molecule has 1 heterocycles. The van der Waals surface area contributed by atoms with Gasteiger partial charge in [0.25, 0.3) is 5.69 Å². The van der Waals surface area contributed by atoms with Gasteiger partial charge in [0.1, 0.15) is 12.0 Å². The third kappa shape index (κ3) is 2.78. The monoisotopic (exact) mass is 343 g/mol. The molecule has 0 bridgehead atoms. The lowest BCUT2D eigenvalue weighted by atomic mass is 9.91. The first-order chi connectivity index (χ1) is 9.43. The Kier molecular flexibility index (Phi) is 4.59. The van der Waals surface area contributed by atoms with E-state index < -0.39 is 4.92 Å². The molecule has 0 aromatic carbocycles. The number of aromatic nitrogens is 1. The van der Waals surface area contributed by atoms with E-state index in [1.165, 1.54) is 6.20 Å². The van der Waals surface area contributed by atoms with Gasteiger partial charge in [0.05, 0.1) is 21.5 Å². The number of pyridine rings is 1. The maximum Gasteiger partial charge on any atom is 0.291 e. The van der Waals surface area contributed by atoms with Gasteiger partial charge in [-0.25, -0.2) is 4.98 Å². The number of halogens is 1. The van der Waals surface area contributed by atoms with E-state index in [2.05, 4.69) is 20.9 Å². The molecule has 7 heteroatoms. The Morgan fingerprint density at radius 2 is 2.15 bits per heavy atom. The first-order valence-corrected chi connectivity index (χ1v) is 7.43. The van der Waals surface area contributed by atoms with Crippen molar-refractivity contribution in [2.45, 2.75) is 44.8 Å². The van der Waals surface area contributed by atoms with E-state index in [-0.39, 0.29) is 17.8 Å². The Morgan fingerprint density at radius 1 is 1.50 bits per heavy atom. The number of anilines is 1. The molecular formula is C13H18BrN3O3. The fourth-order valence-corrected chi connectivity index (χ4v) is 3.27. The van der Waals surface area contributed by atoms with Crippen LogP contribution >= 0.6 is 15.9 Å². The molecule has 20 heavy (non-hydrogen) atoms. The predicted octanol–water partition coefficient (Wildman–Crippen LogP) is 2.80. The topological polar surface area (TPSA) is 79.5 Å². The van der Waals surface area contributed by atoms with Crippen LogP contribution in [0.3, 0.4) is 0 Å². The number of hydrogen-bond donors (Lipinski definition) is 1. The van der Waals surface area contributed by atoms with Gasteiger partial charge in [-0.05, 0) is 35.7 Å². The van der Waals surface area contributed by atoms with Crippen LogP contribution in [0.1, 0.15) is 31.2 Å². The van der Waals surface area contributed by atoms with Crippen molar-refractivity contribution >= 4 is 27.4 Å². The summed E-state index contributed by atoms with van der Waals surface area (Å²) < 4.78 is 0.618. The van der Waals surface area contributed by atoms with Gasteiger partial charge in [-0.15, -0.1) is 0 Å². The minimum atomic E-state index is -0.438. The smallest absolute Gasteiger partial charge is 0.291 e. The minimum Gasteiger partial charge on any atom is -0.391 e. The van der Waals surface area contributed by atoms with E-state index in [0.29, 0.717) is 15.9 Å². The van der Waals surface area contributed by atoms with Gasteiger partial charge in [0, 0.05) is 12.6 Å². The maximum absolute atomic E-state index is 10.9. The Bertz CT molecular complexity index is 524. The summed E-state index contributed by atoms with van der Waals surface area (Å²) in [7, 11) is 1.87. The van der Waals surface area contributed by atoms with Gasteiger partial charge >= 0.3 is 0 Å². The Balaban J connectivity index is 2.33. The van der Waals surface area contributed by atoms with E-state index >= 15 is 0 Å². The SMILES string of the molecule is Cc1c([N+](=O)[O-])cnc(N(C)C2CCCCC2O)c1Br. The zero-order valence-corrected chi connectivity index (χ0v) is 13.1. The number of aliphatic hydroxyl groups is 1. The summed E-state index contributed by atoms with van der Waals surface area (Å²) in [5.74, 6) is 0.638. The number of nitrogens with zero attached hydrogens (tertiary/aromatic N) is 3. The summed E-state index contributed by atoms with van der Waals surface area (Å²) in [5.41, 5.74) is 0.551. The van der Waals surface area contributed by atoms with Gasteiger partial charge in [0.15, 0.2) is 0 Å². The van der Waals surface area contributed by atoms with Crippen molar-refractivity contribution in [2.75, 3.05) is 11.9 Å². The van der Waals surface area contributed by atoms with Crippen LogP contribution in [-0.2, 0) is 0 Å². The summed E-state index contributed by atoms with van der Waals surface area (Å²) in [4.78, 5) is 16.6. The molecule has 1 saturated carbocycles. The molecule has 0 amide bonds. The summed E-state index contributed by atoms with van der Waals surface area (Å²) >= 11 is 3.40. The second kappa shape index (κ2) is 6.05. The summed E-state index contributed by atoms with van der Waals surface area (Å²) in [6.07, 6.45) is 4.72. The molecule has 0 radical (unpaired) electrons. The van der Waals surface area contributed by atoms with Crippen LogP contribution in [0.15, 0.2) is 10.7 Å². The quantitative estimate of drug-likeness (QED) is 0.674. The van der Waals surface area contributed by atoms with Crippen molar-refractivity contribution in [3.63, 3.8) is 0 Å².